The topological polar surface area (TPSA) is 15.7 Å². The summed E-state index contributed by atoms with van der Waals surface area (Å²) in [5.74, 6) is 0. The molecule has 0 atom stereocenters. The highest BCUT2D eigenvalue weighted by atomic mass is 16.7. The molecule has 0 amide bonds. The highest BCUT2D eigenvalue weighted by molar-refractivity contribution is 4.15. The van der Waals surface area contributed by atoms with Crippen LogP contribution in [-0.2, 0) is 4.84 Å². The number of nitrogens with zero attached hydrogens (tertiary/aromatic N) is 2. The van der Waals surface area contributed by atoms with E-state index in [1.54, 1.807) is 12.3 Å². The molecule has 0 spiro atoms. The van der Waals surface area contributed by atoms with E-state index in [2.05, 4.69) is 0 Å². The Morgan fingerprint density at radius 2 is 1.57 bits per heavy atom. The fourth-order valence-corrected chi connectivity index (χ4v) is 0.163. The zero-order chi connectivity index (χ0) is 5.86. The van der Waals surface area contributed by atoms with Gasteiger partial charge in [0.25, 0.3) is 0 Å². The van der Waals surface area contributed by atoms with Gasteiger partial charge in [-0.3, -0.25) is 4.84 Å². The Kier molecular flexibility index (Phi) is 2.91. The average Bonchev–Trinajstić information content (AvgIpc) is 1.65. The summed E-state index contributed by atoms with van der Waals surface area (Å²) in [4.78, 5) is 4.77. The van der Waals surface area contributed by atoms with Gasteiger partial charge in [0, 0.05) is 21.1 Å². The summed E-state index contributed by atoms with van der Waals surface area (Å²) in [5.41, 5.74) is 0. The van der Waals surface area contributed by atoms with Crippen molar-refractivity contribution in [3.05, 3.63) is 0 Å². The smallest absolute Gasteiger partial charge is 0.0591 e. The molecule has 0 saturated heterocycles. The zero-order valence-corrected chi connectivity index (χ0v) is 5.30. The van der Waals surface area contributed by atoms with Gasteiger partial charge in [0.15, 0.2) is 0 Å². The van der Waals surface area contributed by atoms with E-state index in [1.165, 1.54) is 0 Å². The van der Waals surface area contributed by atoms with Crippen LogP contribution in [0.4, 0.5) is 0 Å². The third-order valence-corrected chi connectivity index (χ3v) is 0.828. The summed E-state index contributed by atoms with van der Waals surface area (Å²) in [6, 6.07) is 0. The summed E-state index contributed by atoms with van der Waals surface area (Å²) in [5, 5.41) is 3.46. The van der Waals surface area contributed by atoms with Gasteiger partial charge < -0.3 is 0 Å². The van der Waals surface area contributed by atoms with Gasteiger partial charge in [-0.2, -0.15) is 0 Å². The predicted octanol–water partition coefficient (Wildman–Crippen LogP) is -0.0438. The first-order chi connectivity index (χ1) is 3.18. The first-order valence-electron chi connectivity index (χ1n) is 2.13. The van der Waals surface area contributed by atoms with Crippen LogP contribution in [0.1, 0.15) is 0 Å². The van der Waals surface area contributed by atoms with Crippen molar-refractivity contribution in [2.24, 2.45) is 0 Å². The molecule has 3 nitrogen and oxygen atoms in total. The second kappa shape index (κ2) is 2.96. The van der Waals surface area contributed by atoms with Gasteiger partial charge in [0.05, 0.1) is 7.11 Å². The second-order valence-corrected chi connectivity index (χ2v) is 1.49. The number of hydrazine groups is 1. The summed E-state index contributed by atoms with van der Waals surface area (Å²) in [6.45, 7) is 0. The minimum Gasteiger partial charge on any atom is -0.288 e. The quantitative estimate of drug-likeness (QED) is 0.457. The van der Waals surface area contributed by atoms with E-state index in [0.717, 1.165) is 0 Å². The summed E-state index contributed by atoms with van der Waals surface area (Å²) < 4.78 is 0. The van der Waals surface area contributed by atoms with Gasteiger partial charge in [0.2, 0.25) is 0 Å². The number of hydrogen-bond acceptors (Lipinski definition) is 3. The van der Waals surface area contributed by atoms with E-state index in [-0.39, 0.29) is 0 Å². The van der Waals surface area contributed by atoms with E-state index in [9.17, 15) is 0 Å². The van der Waals surface area contributed by atoms with Crippen molar-refractivity contribution < 1.29 is 4.84 Å². The Hall–Kier alpha value is -0.120. The largest absolute Gasteiger partial charge is 0.288 e. The third kappa shape index (κ3) is 2.56. The van der Waals surface area contributed by atoms with Crippen LogP contribution in [0.3, 0.4) is 0 Å². The van der Waals surface area contributed by atoms with Crippen molar-refractivity contribution in [1.29, 1.82) is 0 Å². The molecule has 0 aliphatic carbocycles. The first kappa shape index (κ1) is 6.88. The van der Waals surface area contributed by atoms with Gasteiger partial charge >= 0.3 is 0 Å². The summed E-state index contributed by atoms with van der Waals surface area (Å²) in [6.07, 6.45) is 0. The summed E-state index contributed by atoms with van der Waals surface area (Å²) >= 11 is 0. The molecule has 0 aromatic rings. The molecule has 0 aliphatic heterocycles. The Morgan fingerprint density at radius 1 is 1.14 bits per heavy atom. The zero-order valence-electron chi connectivity index (χ0n) is 5.30. The van der Waals surface area contributed by atoms with Gasteiger partial charge in [0.1, 0.15) is 0 Å². The lowest BCUT2D eigenvalue weighted by Gasteiger charge is -2.20. The number of hydroxylamine groups is 1. The second-order valence-electron chi connectivity index (χ2n) is 1.49. The molecule has 7 heavy (non-hydrogen) atoms. The van der Waals surface area contributed by atoms with Crippen LogP contribution in [0, 0.1) is 0 Å². The molecule has 0 unspecified atom stereocenters. The molecular weight excluding hydrogens is 92.1 g/mol. The maximum atomic E-state index is 4.77. The Labute approximate surface area is 44.4 Å². The lowest BCUT2D eigenvalue weighted by Crippen LogP contribution is -2.31. The van der Waals surface area contributed by atoms with Crippen molar-refractivity contribution in [3.63, 3.8) is 0 Å². The van der Waals surface area contributed by atoms with Gasteiger partial charge in [-0.1, -0.05) is 0 Å². The normalized spacial score (nSPS) is 11.1. The van der Waals surface area contributed by atoms with Crippen LogP contribution >= 0.6 is 0 Å². The minimum atomic E-state index is 1.62. The fourth-order valence-electron chi connectivity index (χ4n) is 0.163. The molecule has 0 aromatic carbocycles. The Morgan fingerprint density at radius 3 is 1.57 bits per heavy atom. The fraction of sp³-hybridized carbons (Fsp3) is 1.00. The molecule has 0 fully saturated rings. The van der Waals surface area contributed by atoms with Crippen molar-refractivity contribution >= 4 is 0 Å². The molecular formula is C4H12N2O. The van der Waals surface area contributed by atoms with Crippen LogP contribution in [0.15, 0.2) is 0 Å². The molecule has 0 radical (unpaired) electrons. The van der Waals surface area contributed by atoms with Gasteiger partial charge in [-0.25, -0.2) is 5.01 Å². The van der Waals surface area contributed by atoms with Crippen LogP contribution in [0.25, 0.3) is 0 Å². The van der Waals surface area contributed by atoms with E-state index >= 15 is 0 Å². The van der Waals surface area contributed by atoms with E-state index < -0.39 is 0 Å². The standard InChI is InChI=1S/C4H12N2O/c1-5(2)6(3)7-4/h1-4H3. The van der Waals surface area contributed by atoms with E-state index in [1.807, 2.05) is 26.2 Å². The Bertz CT molecular complexity index is 47.0. The predicted molar refractivity (Wildman–Crippen MR) is 28.5 cm³/mol. The average molecular weight is 104 g/mol. The molecule has 0 N–H and O–H groups in total. The number of rotatable bonds is 2. The molecule has 0 aliphatic rings. The first-order valence-corrected chi connectivity index (χ1v) is 2.13. The molecule has 0 rings (SSSR count). The maximum absolute atomic E-state index is 4.77. The monoisotopic (exact) mass is 104 g/mol. The van der Waals surface area contributed by atoms with E-state index in [0.29, 0.717) is 0 Å². The lowest BCUT2D eigenvalue weighted by atomic mass is 11.1. The minimum absolute atomic E-state index is 1.62. The van der Waals surface area contributed by atoms with Crippen LogP contribution < -0.4 is 0 Å². The van der Waals surface area contributed by atoms with Crippen molar-refractivity contribution in [3.8, 4) is 0 Å². The van der Waals surface area contributed by atoms with Crippen molar-refractivity contribution in [2.45, 2.75) is 0 Å². The maximum Gasteiger partial charge on any atom is 0.0591 e. The van der Waals surface area contributed by atoms with Crippen LogP contribution in [0.5, 0.6) is 0 Å². The molecule has 0 aromatic heterocycles. The lowest BCUT2D eigenvalue weighted by molar-refractivity contribution is -0.230. The van der Waals surface area contributed by atoms with E-state index in [4.69, 9.17) is 4.84 Å². The van der Waals surface area contributed by atoms with Gasteiger partial charge in [-0.05, 0) is 0 Å². The molecule has 0 heterocycles. The number of hydrogen-bond donors (Lipinski definition) is 0. The SMILES string of the molecule is CON(C)N(C)C. The van der Waals surface area contributed by atoms with Gasteiger partial charge in [-0.15, -0.1) is 5.17 Å². The third-order valence-electron chi connectivity index (χ3n) is 0.828. The highest BCUT2D eigenvalue weighted by Gasteiger charge is 1.92. The van der Waals surface area contributed by atoms with Crippen molar-refractivity contribution in [2.75, 3.05) is 28.3 Å². The highest BCUT2D eigenvalue weighted by Crippen LogP contribution is 1.80. The summed E-state index contributed by atoms with van der Waals surface area (Å²) in [7, 11) is 7.27. The molecule has 44 valence electrons. The molecule has 0 saturated carbocycles. The molecule has 0 bridgehead atoms. The Balaban J connectivity index is 3.14. The van der Waals surface area contributed by atoms with Crippen molar-refractivity contribution in [1.82, 2.24) is 10.2 Å². The van der Waals surface area contributed by atoms with Crippen LogP contribution in [0.2, 0.25) is 0 Å². The molecule has 3 heteroatoms. The van der Waals surface area contributed by atoms with Crippen LogP contribution in [-0.4, -0.2) is 38.4 Å².